The Morgan fingerprint density at radius 3 is 2.56 bits per heavy atom. The van der Waals surface area contributed by atoms with Gasteiger partial charge in [0.05, 0.1) is 10.9 Å². The molecule has 2 aromatic heterocycles. The standard InChI is InChI=1S/C19H26N4O2S2/c1-10-15(12(3)24)11(2)20-16(10)17(25)13(4)26-19-23-22-18(27-19)21-14-8-6-5-7-9-14/h13-14,20H,5-9H2,1-4H3,(H,21,22). The van der Waals surface area contributed by atoms with E-state index in [-0.39, 0.29) is 16.8 Å². The van der Waals surface area contributed by atoms with Crippen LogP contribution in [0.1, 0.15) is 78.1 Å². The van der Waals surface area contributed by atoms with Gasteiger partial charge in [-0.05, 0) is 46.1 Å². The number of Topliss-reactive ketones (excluding diaryl/α,β-unsaturated/α-hetero) is 2. The van der Waals surface area contributed by atoms with Crippen LogP contribution < -0.4 is 5.32 Å². The average Bonchev–Trinajstić information content (AvgIpc) is 3.18. The lowest BCUT2D eigenvalue weighted by molar-refractivity contribution is 0.0988. The molecule has 27 heavy (non-hydrogen) atoms. The van der Waals surface area contributed by atoms with Gasteiger partial charge < -0.3 is 10.3 Å². The van der Waals surface area contributed by atoms with Crippen molar-refractivity contribution in [1.29, 1.82) is 0 Å². The fraction of sp³-hybridized carbons (Fsp3) is 0.579. The molecule has 2 aromatic rings. The molecule has 0 amide bonds. The Morgan fingerprint density at radius 1 is 1.22 bits per heavy atom. The van der Waals surface area contributed by atoms with Crippen molar-refractivity contribution in [3.05, 3.63) is 22.5 Å². The quantitative estimate of drug-likeness (QED) is 0.507. The van der Waals surface area contributed by atoms with Crippen molar-refractivity contribution < 1.29 is 9.59 Å². The summed E-state index contributed by atoms with van der Waals surface area (Å²) in [5.74, 6) is -0.0479. The molecule has 1 aliphatic carbocycles. The zero-order valence-corrected chi connectivity index (χ0v) is 17.9. The first kappa shape index (κ1) is 20.1. The molecule has 0 radical (unpaired) electrons. The van der Waals surface area contributed by atoms with Gasteiger partial charge in [0.25, 0.3) is 0 Å². The van der Waals surface area contributed by atoms with Gasteiger partial charge in [0.1, 0.15) is 0 Å². The number of carbonyl (C=O) groups is 2. The number of ketones is 2. The van der Waals surface area contributed by atoms with Gasteiger partial charge in [-0.2, -0.15) is 0 Å². The highest BCUT2D eigenvalue weighted by Gasteiger charge is 2.25. The van der Waals surface area contributed by atoms with Crippen molar-refractivity contribution in [3.63, 3.8) is 0 Å². The number of thioether (sulfide) groups is 1. The van der Waals surface area contributed by atoms with Gasteiger partial charge in [-0.15, -0.1) is 10.2 Å². The smallest absolute Gasteiger partial charge is 0.206 e. The van der Waals surface area contributed by atoms with E-state index in [1.54, 1.807) is 0 Å². The lowest BCUT2D eigenvalue weighted by Gasteiger charge is -2.21. The minimum atomic E-state index is -0.308. The fourth-order valence-electron chi connectivity index (χ4n) is 3.67. The number of nitrogens with zero attached hydrogens (tertiary/aromatic N) is 2. The van der Waals surface area contributed by atoms with E-state index in [1.165, 1.54) is 62.1 Å². The molecule has 1 fully saturated rings. The second-order valence-electron chi connectivity index (χ2n) is 7.16. The van der Waals surface area contributed by atoms with Gasteiger partial charge in [-0.25, -0.2) is 0 Å². The van der Waals surface area contributed by atoms with Crippen LogP contribution in [0.2, 0.25) is 0 Å². The molecule has 8 heteroatoms. The number of H-pyrrole nitrogens is 1. The summed E-state index contributed by atoms with van der Waals surface area (Å²) in [7, 11) is 0. The molecule has 1 unspecified atom stereocenters. The minimum absolute atomic E-state index is 0.0231. The van der Waals surface area contributed by atoms with Crippen LogP contribution in [0, 0.1) is 13.8 Å². The molecule has 1 atom stereocenters. The average molecular weight is 407 g/mol. The van der Waals surface area contributed by atoms with Crippen LogP contribution in [-0.4, -0.2) is 38.0 Å². The first-order chi connectivity index (χ1) is 12.9. The van der Waals surface area contributed by atoms with E-state index in [0.29, 0.717) is 17.3 Å². The number of anilines is 1. The second-order valence-corrected chi connectivity index (χ2v) is 9.72. The summed E-state index contributed by atoms with van der Waals surface area (Å²) in [6.45, 7) is 7.04. The number of hydrogen-bond acceptors (Lipinski definition) is 7. The highest BCUT2D eigenvalue weighted by atomic mass is 32.2. The van der Waals surface area contributed by atoms with E-state index in [4.69, 9.17) is 0 Å². The van der Waals surface area contributed by atoms with Crippen molar-refractivity contribution >= 4 is 39.8 Å². The summed E-state index contributed by atoms with van der Waals surface area (Å²) in [4.78, 5) is 27.7. The first-order valence-corrected chi connectivity index (χ1v) is 11.1. The zero-order chi connectivity index (χ0) is 19.6. The van der Waals surface area contributed by atoms with E-state index in [1.807, 2.05) is 20.8 Å². The Morgan fingerprint density at radius 2 is 1.93 bits per heavy atom. The van der Waals surface area contributed by atoms with Crippen LogP contribution in [0.5, 0.6) is 0 Å². The Balaban J connectivity index is 1.65. The van der Waals surface area contributed by atoms with Crippen LogP contribution in [-0.2, 0) is 0 Å². The van der Waals surface area contributed by atoms with E-state index in [9.17, 15) is 9.59 Å². The lowest BCUT2D eigenvalue weighted by atomic mass is 9.96. The number of nitrogens with one attached hydrogen (secondary N) is 2. The van der Waals surface area contributed by atoms with Crippen LogP contribution >= 0.6 is 23.1 Å². The molecule has 0 aromatic carbocycles. The summed E-state index contributed by atoms with van der Waals surface area (Å²) in [5.41, 5.74) is 2.61. The first-order valence-electron chi connectivity index (χ1n) is 9.37. The fourth-order valence-corrected chi connectivity index (χ4v) is 5.70. The van der Waals surface area contributed by atoms with Gasteiger partial charge >= 0.3 is 0 Å². The molecule has 0 saturated heterocycles. The maximum absolute atomic E-state index is 12.9. The predicted octanol–water partition coefficient (Wildman–Crippen LogP) is 4.79. The van der Waals surface area contributed by atoms with Crippen molar-refractivity contribution in [2.75, 3.05) is 5.32 Å². The summed E-state index contributed by atoms with van der Waals surface area (Å²) in [5, 5.41) is 12.4. The highest BCUT2D eigenvalue weighted by molar-refractivity contribution is 8.02. The number of rotatable bonds is 7. The molecule has 0 aliphatic heterocycles. The number of aryl methyl sites for hydroxylation is 1. The van der Waals surface area contributed by atoms with Crippen molar-refractivity contribution in [3.8, 4) is 0 Å². The normalized spacial score (nSPS) is 16.3. The molecular weight excluding hydrogens is 380 g/mol. The van der Waals surface area contributed by atoms with E-state index < -0.39 is 0 Å². The molecule has 146 valence electrons. The molecule has 6 nitrogen and oxygen atoms in total. The van der Waals surface area contributed by atoms with Crippen LogP contribution in [0.25, 0.3) is 0 Å². The Labute approximate surface area is 167 Å². The molecule has 0 spiro atoms. The molecule has 1 aliphatic rings. The van der Waals surface area contributed by atoms with Gasteiger partial charge in [0.15, 0.2) is 15.9 Å². The van der Waals surface area contributed by atoms with Crippen molar-refractivity contribution in [2.45, 2.75) is 75.4 Å². The molecule has 2 N–H and O–H groups in total. The van der Waals surface area contributed by atoms with Gasteiger partial charge in [0.2, 0.25) is 5.13 Å². The van der Waals surface area contributed by atoms with Crippen LogP contribution in [0.15, 0.2) is 4.34 Å². The molecular formula is C19H26N4O2S2. The minimum Gasteiger partial charge on any atom is -0.357 e. The van der Waals surface area contributed by atoms with E-state index in [0.717, 1.165) is 20.7 Å². The summed E-state index contributed by atoms with van der Waals surface area (Å²) < 4.78 is 0.780. The number of aromatic nitrogens is 3. The third-order valence-corrected chi connectivity index (χ3v) is 7.06. The largest absolute Gasteiger partial charge is 0.357 e. The third kappa shape index (κ3) is 4.60. The zero-order valence-electron chi connectivity index (χ0n) is 16.2. The third-order valence-electron chi connectivity index (χ3n) is 5.02. The summed E-state index contributed by atoms with van der Waals surface area (Å²) in [6, 6.07) is 0.484. The van der Waals surface area contributed by atoms with Crippen molar-refractivity contribution in [2.24, 2.45) is 0 Å². The Bertz CT molecular complexity index is 837. The Hall–Kier alpha value is -1.67. The molecule has 2 heterocycles. The SMILES string of the molecule is CC(=O)c1c(C)[nH]c(C(=O)C(C)Sc2nnc(NC3CCCCC3)s2)c1C. The summed E-state index contributed by atoms with van der Waals surface area (Å²) >= 11 is 2.91. The molecule has 0 bridgehead atoms. The van der Waals surface area contributed by atoms with Gasteiger partial charge in [-0.3, -0.25) is 9.59 Å². The van der Waals surface area contributed by atoms with E-state index in [2.05, 4.69) is 20.5 Å². The van der Waals surface area contributed by atoms with Gasteiger partial charge in [-0.1, -0.05) is 42.4 Å². The van der Waals surface area contributed by atoms with Gasteiger partial charge in [0, 0.05) is 17.3 Å². The lowest BCUT2D eigenvalue weighted by Crippen LogP contribution is -2.21. The number of hydrogen-bond donors (Lipinski definition) is 2. The maximum Gasteiger partial charge on any atom is 0.206 e. The maximum atomic E-state index is 12.9. The summed E-state index contributed by atoms with van der Waals surface area (Å²) in [6.07, 6.45) is 6.21. The predicted molar refractivity (Wildman–Crippen MR) is 110 cm³/mol. The van der Waals surface area contributed by atoms with Crippen LogP contribution in [0.4, 0.5) is 5.13 Å². The van der Waals surface area contributed by atoms with E-state index >= 15 is 0 Å². The number of aromatic amines is 1. The highest BCUT2D eigenvalue weighted by Crippen LogP contribution is 2.32. The topological polar surface area (TPSA) is 87.7 Å². The molecule has 3 rings (SSSR count). The molecule has 1 saturated carbocycles. The monoisotopic (exact) mass is 406 g/mol. The second kappa shape index (κ2) is 8.56. The van der Waals surface area contributed by atoms with Crippen LogP contribution in [0.3, 0.4) is 0 Å². The van der Waals surface area contributed by atoms with Crippen molar-refractivity contribution in [1.82, 2.24) is 15.2 Å². The Kier molecular flexibility index (Phi) is 6.37. The number of carbonyl (C=O) groups excluding carboxylic acids is 2.